The van der Waals surface area contributed by atoms with Crippen LogP contribution in [0.2, 0.25) is 5.02 Å². The first kappa shape index (κ1) is 10.3. The summed E-state index contributed by atoms with van der Waals surface area (Å²) in [5.74, 6) is 0. The number of hydrogen-bond donors (Lipinski definition) is 0. The zero-order valence-electron chi connectivity index (χ0n) is 9.26. The van der Waals surface area contributed by atoms with Crippen LogP contribution in [0.15, 0.2) is 42.5 Å². The number of aromatic nitrogens is 3. The SMILES string of the molecule is Cc1ccc2nn(-c3ccccc3Cl)nc2c1. The molecule has 0 aliphatic heterocycles. The second-order valence-electron chi connectivity index (χ2n) is 3.93. The van der Waals surface area contributed by atoms with Crippen molar-refractivity contribution in [2.75, 3.05) is 0 Å². The number of para-hydroxylation sites is 1. The number of fused-ring (bicyclic) bond motifs is 1. The molecule has 0 aliphatic carbocycles. The van der Waals surface area contributed by atoms with Crippen LogP contribution in [-0.4, -0.2) is 15.0 Å². The fraction of sp³-hybridized carbons (Fsp3) is 0.0769. The Bertz CT molecular complexity index is 688. The maximum atomic E-state index is 6.12. The number of benzene rings is 2. The van der Waals surface area contributed by atoms with E-state index in [1.54, 1.807) is 4.80 Å². The van der Waals surface area contributed by atoms with Crippen LogP contribution in [0.3, 0.4) is 0 Å². The normalized spacial score (nSPS) is 10.9. The van der Waals surface area contributed by atoms with Crippen molar-refractivity contribution in [3.8, 4) is 5.69 Å². The van der Waals surface area contributed by atoms with Gasteiger partial charge in [0.25, 0.3) is 0 Å². The maximum Gasteiger partial charge on any atom is 0.113 e. The molecule has 0 amide bonds. The third kappa shape index (κ3) is 1.78. The zero-order valence-corrected chi connectivity index (χ0v) is 10.0. The van der Waals surface area contributed by atoms with E-state index < -0.39 is 0 Å². The molecule has 0 N–H and O–H groups in total. The van der Waals surface area contributed by atoms with Gasteiger partial charge in [-0.3, -0.25) is 0 Å². The molecule has 0 saturated heterocycles. The van der Waals surface area contributed by atoms with Gasteiger partial charge in [-0.05, 0) is 36.8 Å². The highest BCUT2D eigenvalue weighted by molar-refractivity contribution is 6.32. The number of rotatable bonds is 1. The molecule has 0 unspecified atom stereocenters. The minimum absolute atomic E-state index is 0.643. The Morgan fingerprint density at radius 1 is 1.00 bits per heavy atom. The predicted molar refractivity (Wildman–Crippen MR) is 68.6 cm³/mol. The number of halogens is 1. The average molecular weight is 244 g/mol. The number of nitrogens with zero attached hydrogens (tertiary/aromatic N) is 3. The molecule has 0 aliphatic rings. The van der Waals surface area contributed by atoms with Gasteiger partial charge in [0, 0.05) is 0 Å². The highest BCUT2D eigenvalue weighted by atomic mass is 35.5. The molecule has 17 heavy (non-hydrogen) atoms. The lowest BCUT2D eigenvalue weighted by atomic mass is 10.2. The Morgan fingerprint density at radius 3 is 2.59 bits per heavy atom. The van der Waals surface area contributed by atoms with Crippen molar-refractivity contribution in [1.82, 2.24) is 15.0 Å². The molecule has 3 rings (SSSR count). The molecule has 1 heterocycles. The van der Waals surface area contributed by atoms with E-state index in [2.05, 4.69) is 10.2 Å². The van der Waals surface area contributed by atoms with E-state index in [-0.39, 0.29) is 0 Å². The van der Waals surface area contributed by atoms with Crippen LogP contribution in [0.1, 0.15) is 5.56 Å². The van der Waals surface area contributed by atoms with Gasteiger partial charge in [-0.25, -0.2) is 0 Å². The lowest BCUT2D eigenvalue weighted by Crippen LogP contribution is -1.98. The van der Waals surface area contributed by atoms with Gasteiger partial charge in [0.1, 0.15) is 16.7 Å². The van der Waals surface area contributed by atoms with E-state index in [0.717, 1.165) is 16.7 Å². The first-order valence-corrected chi connectivity index (χ1v) is 5.70. The lowest BCUT2D eigenvalue weighted by molar-refractivity contribution is 0.766. The Labute approximate surface area is 104 Å². The molecular weight excluding hydrogens is 234 g/mol. The molecule has 2 aromatic carbocycles. The van der Waals surface area contributed by atoms with E-state index in [0.29, 0.717) is 5.02 Å². The molecular formula is C13H10ClN3. The Hall–Kier alpha value is -1.87. The second kappa shape index (κ2) is 3.86. The molecule has 3 nitrogen and oxygen atoms in total. The monoisotopic (exact) mass is 243 g/mol. The number of aryl methyl sites for hydroxylation is 1. The summed E-state index contributed by atoms with van der Waals surface area (Å²) in [7, 11) is 0. The molecule has 0 spiro atoms. The van der Waals surface area contributed by atoms with Gasteiger partial charge in [-0.2, -0.15) is 0 Å². The van der Waals surface area contributed by atoms with E-state index in [1.807, 2.05) is 49.4 Å². The summed E-state index contributed by atoms with van der Waals surface area (Å²) >= 11 is 6.12. The molecule has 4 heteroatoms. The van der Waals surface area contributed by atoms with Crippen LogP contribution in [0.5, 0.6) is 0 Å². The Balaban J connectivity index is 2.22. The van der Waals surface area contributed by atoms with E-state index in [9.17, 15) is 0 Å². The summed E-state index contributed by atoms with van der Waals surface area (Å²) in [5, 5.41) is 9.47. The van der Waals surface area contributed by atoms with Crippen LogP contribution in [0.25, 0.3) is 16.7 Å². The minimum Gasteiger partial charge on any atom is -0.149 e. The smallest absolute Gasteiger partial charge is 0.113 e. The van der Waals surface area contributed by atoms with Crippen molar-refractivity contribution in [3.05, 3.63) is 53.1 Å². The summed E-state index contributed by atoms with van der Waals surface area (Å²) in [6.07, 6.45) is 0. The summed E-state index contributed by atoms with van der Waals surface area (Å²) in [6, 6.07) is 13.5. The van der Waals surface area contributed by atoms with E-state index >= 15 is 0 Å². The quantitative estimate of drug-likeness (QED) is 0.656. The third-order valence-corrected chi connectivity index (χ3v) is 2.92. The van der Waals surface area contributed by atoms with Crippen molar-refractivity contribution in [3.63, 3.8) is 0 Å². The average Bonchev–Trinajstić information content (AvgIpc) is 2.72. The Kier molecular flexibility index (Phi) is 2.34. The fourth-order valence-corrected chi connectivity index (χ4v) is 1.96. The molecule has 0 saturated carbocycles. The van der Waals surface area contributed by atoms with Crippen molar-refractivity contribution in [2.45, 2.75) is 6.92 Å². The van der Waals surface area contributed by atoms with Crippen LogP contribution >= 0.6 is 11.6 Å². The molecule has 84 valence electrons. The highest BCUT2D eigenvalue weighted by Gasteiger charge is 2.07. The first-order valence-electron chi connectivity index (χ1n) is 5.33. The van der Waals surface area contributed by atoms with Gasteiger partial charge in [0.2, 0.25) is 0 Å². The van der Waals surface area contributed by atoms with Crippen molar-refractivity contribution >= 4 is 22.6 Å². The van der Waals surface area contributed by atoms with Crippen LogP contribution in [0.4, 0.5) is 0 Å². The largest absolute Gasteiger partial charge is 0.149 e. The van der Waals surface area contributed by atoms with Crippen molar-refractivity contribution < 1.29 is 0 Å². The van der Waals surface area contributed by atoms with Gasteiger partial charge in [0.15, 0.2) is 0 Å². The zero-order chi connectivity index (χ0) is 11.8. The number of hydrogen-bond acceptors (Lipinski definition) is 2. The van der Waals surface area contributed by atoms with Gasteiger partial charge >= 0.3 is 0 Å². The summed E-state index contributed by atoms with van der Waals surface area (Å²) < 4.78 is 0. The van der Waals surface area contributed by atoms with E-state index in [4.69, 9.17) is 11.6 Å². The molecule has 0 bridgehead atoms. The second-order valence-corrected chi connectivity index (χ2v) is 4.34. The predicted octanol–water partition coefficient (Wildman–Crippen LogP) is 3.38. The van der Waals surface area contributed by atoms with Gasteiger partial charge in [0.05, 0.1) is 5.02 Å². The summed E-state index contributed by atoms with van der Waals surface area (Å²) in [6.45, 7) is 2.04. The first-order chi connectivity index (χ1) is 8.24. The minimum atomic E-state index is 0.643. The van der Waals surface area contributed by atoms with Gasteiger partial charge < -0.3 is 0 Å². The molecule has 1 aromatic heterocycles. The standard InChI is InChI=1S/C13H10ClN3/c1-9-6-7-11-12(8-9)16-17(15-11)13-5-3-2-4-10(13)14/h2-8H,1H3. The maximum absolute atomic E-state index is 6.12. The molecule has 3 aromatic rings. The highest BCUT2D eigenvalue weighted by Crippen LogP contribution is 2.20. The lowest BCUT2D eigenvalue weighted by Gasteiger charge is -2.00. The van der Waals surface area contributed by atoms with E-state index in [1.165, 1.54) is 5.56 Å². The summed E-state index contributed by atoms with van der Waals surface area (Å²) in [4.78, 5) is 1.58. The summed E-state index contributed by atoms with van der Waals surface area (Å²) in [5.41, 5.74) is 3.71. The van der Waals surface area contributed by atoms with Crippen LogP contribution in [-0.2, 0) is 0 Å². The Morgan fingerprint density at radius 2 is 1.76 bits per heavy atom. The van der Waals surface area contributed by atoms with Crippen LogP contribution in [0, 0.1) is 6.92 Å². The van der Waals surface area contributed by atoms with Crippen molar-refractivity contribution in [2.24, 2.45) is 0 Å². The third-order valence-electron chi connectivity index (χ3n) is 2.60. The fourth-order valence-electron chi connectivity index (χ4n) is 1.75. The van der Waals surface area contributed by atoms with Gasteiger partial charge in [-0.1, -0.05) is 29.8 Å². The topological polar surface area (TPSA) is 30.7 Å². The molecule has 0 atom stereocenters. The van der Waals surface area contributed by atoms with Gasteiger partial charge in [-0.15, -0.1) is 15.0 Å². The van der Waals surface area contributed by atoms with Crippen LogP contribution < -0.4 is 0 Å². The van der Waals surface area contributed by atoms with Crippen molar-refractivity contribution in [1.29, 1.82) is 0 Å². The molecule has 0 radical (unpaired) electrons. The molecule has 0 fully saturated rings.